The van der Waals surface area contributed by atoms with Crippen LogP contribution in [-0.2, 0) is 4.74 Å². The van der Waals surface area contributed by atoms with Gasteiger partial charge in [-0.05, 0) is 45.2 Å². The van der Waals surface area contributed by atoms with Crippen molar-refractivity contribution in [3.05, 3.63) is 17.0 Å². The number of carbonyl (C=O) groups excluding carboxylic acids is 1. The Balaban J connectivity index is 1.77. The lowest BCUT2D eigenvalue weighted by Crippen LogP contribution is -2.57. The van der Waals surface area contributed by atoms with E-state index in [0.717, 1.165) is 12.8 Å². The van der Waals surface area contributed by atoms with Crippen molar-refractivity contribution in [2.75, 3.05) is 18.0 Å². The normalized spacial score (nSPS) is 23.1. The lowest BCUT2D eigenvalue weighted by Gasteiger charge is -2.41. The van der Waals surface area contributed by atoms with Gasteiger partial charge in [0.05, 0.1) is 12.1 Å². The molecule has 0 aliphatic carbocycles. The second kappa shape index (κ2) is 6.10. The first-order valence-electron chi connectivity index (χ1n) is 7.98. The van der Waals surface area contributed by atoms with Gasteiger partial charge in [-0.25, -0.2) is 14.8 Å². The molecule has 0 N–H and O–H groups in total. The number of carbonyl (C=O) groups is 1. The average Bonchev–Trinajstić information content (AvgIpc) is 2.75. The van der Waals surface area contributed by atoms with Gasteiger partial charge in [0.2, 0.25) is 5.28 Å². The van der Waals surface area contributed by atoms with Gasteiger partial charge >= 0.3 is 6.09 Å². The highest BCUT2D eigenvalue weighted by molar-refractivity contribution is 6.28. The predicted molar refractivity (Wildman–Crippen MR) is 88.9 cm³/mol. The number of halogens is 1. The van der Waals surface area contributed by atoms with E-state index in [9.17, 15) is 4.79 Å². The number of fused-ring (bicyclic) bond motifs is 2. The molecule has 2 fully saturated rings. The van der Waals surface area contributed by atoms with Crippen LogP contribution >= 0.6 is 11.6 Å². The van der Waals surface area contributed by atoms with E-state index in [1.165, 1.54) is 0 Å². The summed E-state index contributed by atoms with van der Waals surface area (Å²) in [6.07, 6.45) is 1.61. The van der Waals surface area contributed by atoms with Gasteiger partial charge in [0.1, 0.15) is 23.2 Å². The maximum Gasteiger partial charge on any atom is 0.410 e. The zero-order chi connectivity index (χ0) is 17.5. The molecule has 2 bridgehead atoms. The van der Waals surface area contributed by atoms with Crippen molar-refractivity contribution < 1.29 is 9.53 Å². The number of aromatic nitrogens is 2. The molecule has 2 atom stereocenters. The van der Waals surface area contributed by atoms with E-state index in [-0.39, 0.29) is 29.2 Å². The highest BCUT2D eigenvalue weighted by Gasteiger charge is 2.44. The summed E-state index contributed by atoms with van der Waals surface area (Å²) in [5.74, 6) is 0.632. The first-order chi connectivity index (χ1) is 11.3. The Labute approximate surface area is 146 Å². The van der Waals surface area contributed by atoms with Gasteiger partial charge in [-0.15, -0.1) is 0 Å². The summed E-state index contributed by atoms with van der Waals surface area (Å²) in [5, 5.41) is 9.10. The fourth-order valence-electron chi connectivity index (χ4n) is 3.33. The molecule has 1 aromatic heterocycles. The fraction of sp³-hybridized carbons (Fsp3) is 0.625. The van der Waals surface area contributed by atoms with Crippen LogP contribution in [0.5, 0.6) is 0 Å². The van der Waals surface area contributed by atoms with Crippen molar-refractivity contribution in [2.45, 2.75) is 51.3 Å². The molecule has 0 aromatic carbocycles. The van der Waals surface area contributed by atoms with Crippen molar-refractivity contribution in [1.82, 2.24) is 14.9 Å². The third-order valence-electron chi connectivity index (χ3n) is 4.21. The number of ether oxygens (including phenoxy) is 1. The molecule has 128 valence electrons. The first kappa shape index (κ1) is 16.8. The average molecular weight is 350 g/mol. The van der Waals surface area contributed by atoms with Gasteiger partial charge in [-0.3, -0.25) is 4.90 Å². The van der Waals surface area contributed by atoms with Crippen LogP contribution in [0.4, 0.5) is 10.6 Å². The monoisotopic (exact) mass is 349 g/mol. The largest absolute Gasteiger partial charge is 0.444 e. The lowest BCUT2D eigenvalue weighted by atomic mass is 10.2. The smallest absolute Gasteiger partial charge is 0.410 e. The van der Waals surface area contributed by atoms with E-state index in [4.69, 9.17) is 21.6 Å². The van der Waals surface area contributed by atoms with Crippen molar-refractivity contribution in [1.29, 1.82) is 5.26 Å². The van der Waals surface area contributed by atoms with Crippen molar-refractivity contribution >= 4 is 23.5 Å². The minimum atomic E-state index is -0.504. The molecule has 1 aromatic rings. The highest BCUT2D eigenvalue weighted by Crippen LogP contribution is 2.33. The van der Waals surface area contributed by atoms with Crippen molar-refractivity contribution in [3.63, 3.8) is 0 Å². The standard InChI is InChI=1S/C16H20ClN5O2/c1-16(2,3)24-15(23)22-11-4-5-12(22)9-21(8-11)13-6-10(7-18)19-14(17)20-13/h6,11-12H,4-5,8-9H2,1-3H3/t11-,12?/m1/s1. The molecular weight excluding hydrogens is 330 g/mol. The number of hydrogen-bond donors (Lipinski definition) is 0. The topological polar surface area (TPSA) is 82.4 Å². The molecule has 8 heteroatoms. The van der Waals surface area contributed by atoms with Crippen LogP contribution in [0.2, 0.25) is 5.28 Å². The molecular formula is C16H20ClN5O2. The zero-order valence-corrected chi connectivity index (χ0v) is 14.7. The molecule has 2 saturated heterocycles. The van der Waals surface area contributed by atoms with Gasteiger partial charge in [0.25, 0.3) is 0 Å². The molecule has 0 radical (unpaired) electrons. The maximum absolute atomic E-state index is 12.5. The zero-order valence-electron chi connectivity index (χ0n) is 14.0. The Morgan fingerprint density at radius 1 is 1.33 bits per heavy atom. The summed E-state index contributed by atoms with van der Waals surface area (Å²) in [4.78, 5) is 24.5. The summed E-state index contributed by atoms with van der Waals surface area (Å²) in [7, 11) is 0. The molecule has 3 heterocycles. The minimum Gasteiger partial charge on any atom is -0.444 e. The lowest BCUT2D eigenvalue weighted by molar-refractivity contribution is 0.0122. The number of amides is 1. The second-order valence-electron chi connectivity index (χ2n) is 7.17. The number of hydrogen-bond acceptors (Lipinski definition) is 6. The summed E-state index contributed by atoms with van der Waals surface area (Å²) < 4.78 is 5.53. The van der Waals surface area contributed by atoms with Gasteiger partial charge in [0.15, 0.2) is 0 Å². The van der Waals surface area contributed by atoms with E-state index in [1.807, 2.05) is 31.7 Å². The van der Waals surface area contributed by atoms with Crippen LogP contribution in [0, 0.1) is 11.3 Å². The SMILES string of the molecule is CC(C)(C)OC(=O)N1C2CC[C@@H]1CN(c1cc(C#N)nc(Cl)n1)C2. The van der Waals surface area contributed by atoms with E-state index in [2.05, 4.69) is 14.9 Å². The van der Waals surface area contributed by atoms with Crippen molar-refractivity contribution in [2.24, 2.45) is 0 Å². The fourth-order valence-corrected chi connectivity index (χ4v) is 3.51. The summed E-state index contributed by atoms with van der Waals surface area (Å²) in [5.41, 5.74) is -0.262. The molecule has 0 saturated carbocycles. The van der Waals surface area contributed by atoms with Crippen LogP contribution in [0.3, 0.4) is 0 Å². The molecule has 7 nitrogen and oxygen atoms in total. The molecule has 24 heavy (non-hydrogen) atoms. The summed E-state index contributed by atoms with van der Waals surface area (Å²) >= 11 is 5.90. The minimum absolute atomic E-state index is 0.0611. The highest BCUT2D eigenvalue weighted by atomic mass is 35.5. The molecule has 0 spiro atoms. The third-order valence-corrected chi connectivity index (χ3v) is 4.38. The number of anilines is 1. The molecule has 3 rings (SSSR count). The first-order valence-corrected chi connectivity index (χ1v) is 8.35. The Hall–Kier alpha value is -2.07. The third kappa shape index (κ3) is 3.39. The number of nitrogens with zero attached hydrogens (tertiary/aromatic N) is 5. The molecule has 2 aliphatic heterocycles. The van der Waals surface area contributed by atoms with Crippen molar-refractivity contribution in [3.8, 4) is 6.07 Å². The van der Waals surface area contributed by atoms with Crippen LogP contribution in [0.1, 0.15) is 39.3 Å². The Bertz CT molecular complexity index is 683. The van der Waals surface area contributed by atoms with Gasteiger partial charge in [-0.1, -0.05) is 0 Å². The van der Waals surface area contributed by atoms with Crippen LogP contribution in [0.25, 0.3) is 0 Å². The van der Waals surface area contributed by atoms with Crippen LogP contribution in [0.15, 0.2) is 6.07 Å². The molecule has 1 amide bonds. The number of piperazine rings is 1. The van der Waals surface area contributed by atoms with E-state index < -0.39 is 5.60 Å². The Morgan fingerprint density at radius 2 is 1.96 bits per heavy atom. The van der Waals surface area contributed by atoms with E-state index in [0.29, 0.717) is 18.9 Å². The van der Waals surface area contributed by atoms with Gasteiger partial charge in [0, 0.05) is 19.2 Å². The summed E-state index contributed by atoms with van der Waals surface area (Å²) in [6, 6.07) is 3.79. The number of rotatable bonds is 1. The molecule has 2 aliphatic rings. The second-order valence-corrected chi connectivity index (χ2v) is 7.51. The van der Waals surface area contributed by atoms with E-state index >= 15 is 0 Å². The molecule has 1 unspecified atom stereocenters. The maximum atomic E-state index is 12.5. The number of nitriles is 1. The summed E-state index contributed by atoms with van der Waals surface area (Å²) in [6.45, 7) is 6.90. The Morgan fingerprint density at radius 3 is 2.50 bits per heavy atom. The van der Waals surface area contributed by atoms with Gasteiger partial charge in [-0.2, -0.15) is 5.26 Å². The van der Waals surface area contributed by atoms with Gasteiger partial charge < -0.3 is 9.64 Å². The van der Waals surface area contributed by atoms with E-state index in [1.54, 1.807) is 6.07 Å². The quantitative estimate of drug-likeness (QED) is 0.725. The Kier molecular flexibility index (Phi) is 4.26. The van der Waals surface area contributed by atoms with Crippen LogP contribution in [-0.4, -0.2) is 51.7 Å². The predicted octanol–water partition coefficient (Wildman–Crippen LogP) is 2.59. The van der Waals surface area contributed by atoms with Crippen LogP contribution < -0.4 is 4.90 Å².